The summed E-state index contributed by atoms with van der Waals surface area (Å²) in [4.78, 5) is 27.0. The Labute approximate surface area is 153 Å². The second-order valence-electron chi connectivity index (χ2n) is 5.38. The molecule has 7 heteroatoms. The van der Waals surface area contributed by atoms with Gasteiger partial charge in [0.25, 0.3) is 11.8 Å². The number of furan rings is 1. The standard InChI is InChI=1S/C18H15ClN2O3S/c1-21(11-14-8-9-16(19)25-14)18(23)12-4-6-13(7-5-12)20-17(22)15-3-2-10-24-15/h2-10H,11H2,1H3,(H,20,22). The summed E-state index contributed by atoms with van der Waals surface area (Å²) in [6.07, 6.45) is 1.44. The number of anilines is 1. The van der Waals surface area contributed by atoms with E-state index in [0.717, 1.165) is 4.88 Å². The van der Waals surface area contributed by atoms with Crippen LogP contribution in [0.3, 0.4) is 0 Å². The number of amides is 2. The quantitative estimate of drug-likeness (QED) is 0.714. The molecule has 0 atom stereocenters. The van der Waals surface area contributed by atoms with E-state index in [2.05, 4.69) is 5.32 Å². The van der Waals surface area contributed by atoms with Crippen molar-refractivity contribution in [1.29, 1.82) is 0 Å². The van der Waals surface area contributed by atoms with Crippen LogP contribution >= 0.6 is 22.9 Å². The highest BCUT2D eigenvalue weighted by Gasteiger charge is 2.14. The number of halogens is 1. The van der Waals surface area contributed by atoms with Crippen LogP contribution in [0.5, 0.6) is 0 Å². The lowest BCUT2D eigenvalue weighted by Crippen LogP contribution is -2.25. The summed E-state index contributed by atoms with van der Waals surface area (Å²) in [6.45, 7) is 0.493. The fraction of sp³-hybridized carbons (Fsp3) is 0.111. The van der Waals surface area contributed by atoms with Gasteiger partial charge in [0, 0.05) is 23.2 Å². The van der Waals surface area contributed by atoms with Gasteiger partial charge in [0.1, 0.15) is 0 Å². The van der Waals surface area contributed by atoms with Crippen molar-refractivity contribution in [1.82, 2.24) is 4.90 Å². The van der Waals surface area contributed by atoms with E-state index in [4.69, 9.17) is 16.0 Å². The van der Waals surface area contributed by atoms with Gasteiger partial charge in [-0.3, -0.25) is 9.59 Å². The molecule has 0 saturated heterocycles. The van der Waals surface area contributed by atoms with E-state index in [1.54, 1.807) is 48.3 Å². The Hall–Kier alpha value is -2.57. The van der Waals surface area contributed by atoms with Crippen LogP contribution in [0.1, 0.15) is 25.8 Å². The summed E-state index contributed by atoms with van der Waals surface area (Å²) in [7, 11) is 1.74. The third kappa shape index (κ3) is 4.29. The Kier molecular flexibility index (Phi) is 5.21. The van der Waals surface area contributed by atoms with E-state index < -0.39 is 0 Å². The summed E-state index contributed by atoms with van der Waals surface area (Å²) < 4.78 is 5.74. The maximum absolute atomic E-state index is 12.5. The molecule has 0 aliphatic heterocycles. The first-order valence-electron chi connectivity index (χ1n) is 7.47. The first-order chi connectivity index (χ1) is 12.0. The van der Waals surface area contributed by atoms with E-state index in [-0.39, 0.29) is 17.6 Å². The molecule has 1 N–H and O–H groups in total. The third-order valence-electron chi connectivity index (χ3n) is 3.50. The first kappa shape index (κ1) is 17.3. The summed E-state index contributed by atoms with van der Waals surface area (Å²) in [5.41, 5.74) is 1.13. The fourth-order valence-corrected chi connectivity index (χ4v) is 3.40. The molecule has 0 spiro atoms. The van der Waals surface area contributed by atoms with Crippen molar-refractivity contribution in [2.45, 2.75) is 6.54 Å². The molecule has 0 fully saturated rings. The number of hydrogen-bond donors (Lipinski definition) is 1. The van der Waals surface area contributed by atoms with Crippen LogP contribution < -0.4 is 5.32 Å². The monoisotopic (exact) mass is 374 g/mol. The van der Waals surface area contributed by atoms with Crippen LogP contribution in [0, 0.1) is 0 Å². The van der Waals surface area contributed by atoms with Gasteiger partial charge in [-0.05, 0) is 48.5 Å². The van der Waals surface area contributed by atoms with Gasteiger partial charge in [-0.25, -0.2) is 0 Å². The molecule has 2 amide bonds. The molecule has 3 rings (SSSR count). The van der Waals surface area contributed by atoms with E-state index in [0.29, 0.717) is 22.1 Å². The second kappa shape index (κ2) is 7.55. The van der Waals surface area contributed by atoms with Crippen molar-refractivity contribution in [2.24, 2.45) is 0 Å². The number of nitrogens with zero attached hydrogens (tertiary/aromatic N) is 1. The summed E-state index contributed by atoms with van der Waals surface area (Å²) in [5, 5.41) is 2.71. The van der Waals surface area contributed by atoms with Crippen LogP contribution in [-0.4, -0.2) is 23.8 Å². The summed E-state index contributed by atoms with van der Waals surface area (Å²) >= 11 is 7.36. The molecule has 2 aromatic heterocycles. The summed E-state index contributed by atoms with van der Waals surface area (Å²) in [6, 6.07) is 13.7. The van der Waals surface area contributed by atoms with Gasteiger partial charge in [-0.2, -0.15) is 0 Å². The Bertz CT molecular complexity index is 872. The van der Waals surface area contributed by atoms with Gasteiger partial charge in [-0.1, -0.05) is 11.6 Å². The molecule has 25 heavy (non-hydrogen) atoms. The van der Waals surface area contributed by atoms with Crippen molar-refractivity contribution >= 4 is 40.4 Å². The average Bonchev–Trinajstić information content (AvgIpc) is 3.27. The first-order valence-corrected chi connectivity index (χ1v) is 8.67. The highest BCUT2D eigenvalue weighted by molar-refractivity contribution is 7.16. The van der Waals surface area contributed by atoms with Gasteiger partial charge in [-0.15, -0.1) is 11.3 Å². The zero-order valence-corrected chi connectivity index (χ0v) is 14.9. The predicted molar refractivity (Wildman–Crippen MR) is 98.2 cm³/mol. The number of nitrogens with one attached hydrogen (secondary N) is 1. The van der Waals surface area contributed by atoms with Crippen molar-refractivity contribution in [3.05, 3.63) is 75.3 Å². The third-order valence-corrected chi connectivity index (χ3v) is 4.72. The molecule has 5 nitrogen and oxygen atoms in total. The summed E-state index contributed by atoms with van der Waals surface area (Å²) in [5.74, 6) is -0.210. The van der Waals surface area contributed by atoms with Crippen molar-refractivity contribution in [2.75, 3.05) is 12.4 Å². The lowest BCUT2D eigenvalue weighted by molar-refractivity contribution is 0.0786. The molecule has 0 saturated carbocycles. The molecule has 0 aliphatic carbocycles. The molecule has 0 unspecified atom stereocenters. The maximum atomic E-state index is 12.5. The lowest BCUT2D eigenvalue weighted by atomic mass is 10.2. The number of thiophene rings is 1. The van der Waals surface area contributed by atoms with Gasteiger partial charge in [0.05, 0.1) is 17.1 Å². The Morgan fingerprint density at radius 2 is 1.92 bits per heavy atom. The van der Waals surface area contributed by atoms with E-state index in [1.165, 1.54) is 17.6 Å². The van der Waals surface area contributed by atoms with Crippen LogP contribution in [0.15, 0.2) is 59.2 Å². The molecule has 2 heterocycles. The average molecular weight is 375 g/mol. The molecule has 0 bridgehead atoms. The molecule has 0 aliphatic rings. The van der Waals surface area contributed by atoms with Crippen LogP contribution in [0.25, 0.3) is 0 Å². The number of carbonyl (C=O) groups is 2. The van der Waals surface area contributed by atoms with Crippen molar-refractivity contribution in [3.8, 4) is 0 Å². The minimum Gasteiger partial charge on any atom is -0.459 e. The van der Waals surface area contributed by atoms with Crippen molar-refractivity contribution in [3.63, 3.8) is 0 Å². The maximum Gasteiger partial charge on any atom is 0.291 e. The highest BCUT2D eigenvalue weighted by atomic mass is 35.5. The zero-order valence-electron chi connectivity index (χ0n) is 13.4. The predicted octanol–water partition coefficient (Wildman–Crippen LogP) is 4.52. The van der Waals surface area contributed by atoms with E-state index >= 15 is 0 Å². The lowest BCUT2D eigenvalue weighted by Gasteiger charge is -2.16. The van der Waals surface area contributed by atoms with Crippen LogP contribution in [0.2, 0.25) is 4.34 Å². The highest BCUT2D eigenvalue weighted by Crippen LogP contribution is 2.23. The second-order valence-corrected chi connectivity index (χ2v) is 7.18. The SMILES string of the molecule is CN(Cc1ccc(Cl)s1)C(=O)c1ccc(NC(=O)c2ccco2)cc1. The van der Waals surface area contributed by atoms with Gasteiger partial charge in [0.2, 0.25) is 0 Å². The molecule has 1 aromatic carbocycles. The smallest absolute Gasteiger partial charge is 0.291 e. The minimum absolute atomic E-state index is 0.103. The van der Waals surface area contributed by atoms with E-state index in [9.17, 15) is 9.59 Å². The van der Waals surface area contributed by atoms with Crippen LogP contribution in [0.4, 0.5) is 5.69 Å². The zero-order chi connectivity index (χ0) is 17.8. The minimum atomic E-state index is -0.337. The Morgan fingerprint density at radius 1 is 1.16 bits per heavy atom. The molecule has 0 radical (unpaired) electrons. The largest absolute Gasteiger partial charge is 0.459 e. The number of rotatable bonds is 5. The molecular weight excluding hydrogens is 360 g/mol. The number of carbonyl (C=O) groups excluding carboxylic acids is 2. The molecule has 128 valence electrons. The van der Waals surface area contributed by atoms with Gasteiger partial charge in [0.15, 0.2) is 5.76 Å². The molecule has 3 aromatic rings. The number of benzene rings is 1. The topological polar surface area (TPSA) is 62.6 Å². The van der Waals surface area contributed by atoms with Gasteiger partial charge >= 0.3 is 0 Å². The Morgan fingerprint density at radius 3 is 2.52 bits per heavy atom. The van der Waals surface area contributed by atoms with Gasteiger partial charge < -0.3 is 14.6 Å². The normalized spacial score (nSPS) is 10.5. The van der Waals surface area contributed by atoms with Crippen molar-refractivity contribution < 1.29 is 14.0 Å². The van der Waals surface area contributed by atoms with Crippen LogP contribution in [-0.2, 0) is 6.54 Å². The molecular formula is C18H15ClN2O3S. The fourth-order valence-electron chi connectivity index (χ4n) is 2.26. The Balaban J connectivity index is 1.63. The number of hydrogen-bond acceptors (Lipinski definition) is 4. The van der Waals surface area contributed by atoms with E-state index in [1.807, 2.05) is 12.1 Å².